The monoisotopic (exact) mass is 410 g/mol. The van der Waals surface area contributed by atoms with E-state index in [1.165, 1.54) is 0 Å². The minimum Gasteiger partial charge on any atom is -0.484 e. The zero-order valence-corrected chi connectivity index (χ0v) is 14.1. The number of halogens is 2. The maximum atomic E-state index is 11.6. The molecule has 4 nitrogen and oxygen atoms in total. The summed E-state index contributed by atoms with van der Waals surface area (Å²) in [6, 6.07) is 14.8. The van der Waals surface area contributed by atoms with Crippen LogP contribution in [0.25, 0.3) is 0 Å². The average molecular weight is 412 g/mol. The normalized spacial score (nSPS) is 10.6. The molecule has 108 valence electrons. The van der Waals surface area contributed by atoms with Gasteiger partial charge in [0.25, 0.3) is 5.91 Å². The van der Waals surface area contributed by atoms with Crippen molar-refractivity contribution >= 4 is 44.0 Å². The van der Waals surface area contributed by atoms with E-state index in [9.17, 15) is 4.79 Å². The number of amides is 1. The SMILES string of the molecule is O=C(COc1ccc(Br)cc1)NN=Cc1cccc(Br)c1. The van der Waals surface area contributed by atoms with Crippen molar-refractivity contribution in [3.05, 3.63) is 63.0 Å². The van der Waals surface area contributed by atoms with Crippen LogP contribution in [0.3, 0.4) is 0 Å². The molecule has 0 aliphatic rings. The van der Waals surface area contributed by atoms with Crippen molar-refractivity contribution in [2.75, 3.05) is 6.61 Å². The van der Waals surface area contributed by atoms with Gasteiger partial charge in [-0.25, -0.2) is 5.43 Å². The molecule has 0 heterocycles. The Morgan fingerprint density at radius 1 is 1.14 bits per heavy atom. The van der Waals surface area contributed by atoms with Crippen LogP contribution in [0.2, 0.25) is 0 Å². The number of rotatable bonds is 5. The Hall–Kier alpha value is -1.66. The first-order chi connectivity index (χ1) is 10.1. The van der Waals surface area contributed by atoms with Gasteiger partial charge in [-0.05, 0) is 42.0 Å². The van der Waals surface area contributed by atoms with E-state index in [0.29, 0.717) is 5.75 Å². The molecule has 0 fully saturated rings. The number of benzene rings is 2. The molecule has 0 aromatic heterocycles. The number of carbonyl (C=O) groups excluding carboxylic acids is 1. The topological polar surface area (TPSA) is 50.7 Å². The van der Waals surface area contributed by atoms with E-state index in [-0.39, 0.29) is 12.5 Å². The quantitative estimate of drug-likeness (QED) is 0.601. The van der Waals surface area contributed by atoms with Gasteiger partial charge in [0.15, 0.2) is 6.61 Å². The highest BCUT2D eigenvalue weighted by molar-refractivity contribution is 9.10. The number of nitrogens with zero attached hydrogens (tertiary/aromatic N) is 1. The highest BCUT2D eigenvalue weighted by Crippen LogP contribution is 2.15. The minimum atomic E-state index is -0.316. The second-order valence-electron chi connectivity index (χ2n) is 4.09. The lowest BCUT2D eigenvalue weighted by Gasteiger charge is -2.04. The van der Waals surface area contributed by atoms with Crippen molar-refractivity contribution in [3.8, 4) is 5.75 Å². The smallest absolute Gasteiger partial charge is 0.277 e. The van der Waals surface area contributed by atoms with Crippen molar-refractivity contribution in [3.63, 3.8) is 0 Å². The minimum absolute atomic E-state index is 0.0859. The molecule has 2 aromatic rings. The van der Waals surface area contributed by atoms with Crippen molar-refractivity contribution < 1.29 is 9.53 Å². The van der Waals surface area contributed by atoms with Gasteiger partial charge < -0.3 is 4.74 Å². The Labute approximate surface area is 139 Å². The first-order valence-electron chi connectivity index (χ1n) is 6.09. The molecule has 1 amide bonds. The van der Waals surface area contributed by atoms with Crippen LogP contribution in [0.1, 0.15) is 5.56 Å². The Balaban J connectivity index is 1.78. The lowest BCUT2D eigenvalue weighted by atomic mass is 10.2. The molecule has 0 spiro atoms. The molecule has 21 heavy (non-hydrogen) atoms. The Kier molecular flexibility index (Phi) is 5.95. The van der Waals surface area contributed by atoms with Gasteiger partial charge in [0.2, 0.25) is 0 Å². The van der Waals surface area contributed by atoms with Crippen molar-refractivity contribution in [2.45, 2.75) is 0 Å². The van der Waals surface area contributed by atoms with Crippen LogP contribution in [0.15, 0.2) is 62.6 Å². The summed E-state index contributed by atoms with van der Waals surface area (Å²) in [6.45, 7) is -0.0859. The first kappa shape index (κ1) is 15.7. The number of hydrogen-bond donors (Lipinski definition) is 1. The molecule has 2 aromatic carbocycles. The number of hydrogen-bond acceptors (Lipinski definition) is 3. The van der Waals surface area contributed by atoms with Gasteiger partial charge in [-0.2, -0.15) is 5.10 Å². The molecule has 1 N–H and O–H groups in total. The zero-order valence-electron chi connectivity index (χ0n) is 10.9. The van der Waals surface area contributed by atoms with Gasteiger partial charge in [-0.3, -0.25) is 4.79 Å². The van der Waals surface area contributed by atoms with Crippen LogP contribution in [-0.2, 0) is 4.79 Å². The van der Waals surface area contributed by atoms with Gasteiger partial charge in [-0.15, -0.1) is 0 Å². The fourth-order valence-corrected chi connectivity index (χ4v) is 2.16. The lowest BCUT2D eigenvalue weighted by molar-refractivity contribution is -0.123. The number of hydrazone groups is 1. The predicted octanol–water partition coefficient (Wildman–Crippen LogP) is 3.74. The third-order valence-corrected chi connectivity index (χ3v) is 3.46. The molecule has 2 rings (SSSR count). The van der Waals surface area contributed by atoms with Crippen molar-refractivity contribution in [2.24, 2.45) is 5.10 Å². The fraction of sp³-hybridized carbons (Fsp3) is 0.0667. The third kappa shape index (κ3) is 5.69. The van der Waals surface area contributed by atoms with Crippen LogP contribution in [0.5, 0.6) is 5.75 Å². The Morgan fingerprint density at radius 2 is 1.90 bits per heavy atom. The summed E-state index contributed by atoms with van der Waals surface area (Å²) in [5.41, 5.74) is 3.30. The van der Waals surface area contributed by atoms with E-state index in [1.54, 1.807) is 18.3 Å². The Morgan fingerprint density at radius 3 is 2.62 bits per heavy atom. The summed E-state index contributed by atoms with van der Waals surface area (Å²) in [5.74, 6) is 0.313. The molecule has 0 unspecified atom stereocenters. The van der Waals surface area contributed by atoms with Crippen LogP contribution >= 0.6 is 31.9 Å². The van der Waals surface area contributed by atoms with E-state index < -0.39 is 0 Å². The van der Waals surface area contributed by atoms with E-state index >= 15 is 0 Å². The van der Waals surface area contributed by atoms with Crippen molar-refractivity contribution in [1.82, 2.24) is 5.43 Å². The fourth-order valence-electron chi connectivity index (χ4n) is 1.48. The van der Waals surface area contributed by atoms with Crippen LogP contribution in [0.4, 0.5) is 0 Å². The van der Waals surface area contributed by atoms with E-state index in [2.05, 4.69) is 42.4 Å². The molecule has 0 saturated carbocycles. The maximum absolute atomic E-state index is 11.6. The Bertz CT molecular complexity index is 642. The molecular formula is C15H12Br2N2O2. The maximum Gasteiger partial charge on any atom is 0.277 e. The van der Waals surface area contributed by atoms with E-state index in [0.717, 1.165) is 14.5 Å². The average Bonchev–Trinajstić information content (AvgIpc) is 2.47. The highest BCUT2D eigenvalue weighted by atomic mass is 79.9. The van der Waals surface area contributed by atoms with Crippen LogP contribution in [0, 0.1) is 0 Å². The predicted molar refractivity (Wildman–Crippen MR) is 89.5 cm³/mol. The molecule has 0 aliphatic heterocycles. The second-order valence-corrected chi connectivity index (χ2v) is 5.92. The summed E-state index contributed by atoms with van der Waals surface area (Å²) in [4.78, 5) is 11.6. The number of nitrogens with one attached hydrogen (secondary N) is 1. The summed E-state index contributed by atoms with van der Waals surface area (Å²) < 4.78 is 7.24. The van der Waals surface area contributed by atoms with Gasteiger partial charge in [0.05, 0.1) is 6.21 Å². The molecule has 0 bridgehead atoms. The first-order valence-corrected chi connectivity index (χ1v) is 7.68. The lowest BCUT2D eigenvalue weighted by Crippen LogP contribution is -2.24. The molecule has 0 atom stereocenters. The van der Waals surface area contributed by atoms with Gasteiger partial charge in [0.1, 0.15) is 5.75 Å². The zero-order chi connectivity index (χ0) is 15.1. The van der Waals surface area contributed by atoms with Gasteiger partial charge in [0, 0.05) is 8.95 Å². The van der Waals surface area contributed by atoms with Gasteiger partial charge in [-0.1, -0.05) is 44.0 Å². The molecule has 0 radical (unpaired) electrons. The molecule has 6 heteroatoms. The van der Waals surface area contributed by atoms with E-state index in [1.807, 2.05) is 36.4 Å². The van der Waals surface area contributed by atoms with E-state index in [4.69, 9.17) is 4.74 Å². The van der Waals surface area contributed by atoms with Crippen molar-refractivity contribution in [1.29, 1.82) is 0 Å². The van der Waals surface area contributed by atoms with Gasteiger partial charge >= 0.3 is 0 Å². The number of ether oxygens (including phenoxy) is 1. The molecular weight excluding hydrogens is 400 g/mol. The summed E-state index contributed by atoms with van der Waals surface area (Å²) in [5, 5.41) is 3.88. The molecule has 0 aliphatic carbocycles. The summed E-state index contributed by atoms with van der Waals surface area (Å²) in [6.07, 6.45) is 1.57. The summed E-state index contributed by atoms with van der Waals surface area (Å²) in [7, 11) is 0. The highest BCUT2D eigenvalue weighted by Gasteiger charge is 2.01. The van der Waals surface area contributed by atoms with Crippen LogP contribution in [-0.4, -0.2) is 18.7 Å². The summed E-state index contributed by atoms with van der Waals surface area (Å²) >= 11 is 6.70. The molecule has 0 saturated heterocycles. The number of carbonyl (C=O) groups is 1. The third-order valence-electron chi connectivity index (χ3n) is 2.44. The largest absolute Gasteiger partial charge is 0.484 e. The van der Waals surface area contributed by atoms with Crippen LogP contribution < -0.4 is 10.2 Å². The standard InChI is InChI=1S/C15H12Br2N2O2/c16-12-4-6-14(7-5-12)21-10-15(20)19-18-9-11-2-1-3-13(17)8-11/h1-9H,10H2,(H,19,20). The second kappa shape index (κ2) is 7.95.